The highest BCUT2D eigenvalue weighted by molar-refractivity contribution is 6.34. The number of rotatable bonds is 5. The maximum Gasteiger partial charge on any atom is 0.276 e. The first-order valence-electron chi connectivity index (χ1n) is 9.17. The fourth-order valence-corrected chi connectivity index (χ4v) is 3.09. The number of carbonyl (C=O) groups is 2. The highest BCUT2D eigenvalue weighted by Crippen LogP contribution is 2.26. The summed E-state index contributed by atoms with van der Waals surface area (Å²) in [7, 11) is 1.56. The molecule has 0 spiro atoms. The molecule has 0 aliphatic rings. The molecular formula is C22H27ClN2O3. The van der Waals surface area contributed by atoms with Gasteiger partial charge in [-0.25, -0.2) is 10.4 Å². The van der Waals surface area contributed by atoms with Gasteiger partial charge in [0.2, 0.25) is 0 Å². The molecule has 0 aromatic heterocycles. The standard InChI is InChI=1S/C22H27ClN2O3/c1-7-15-16(9-8-10-19(15)28-6)20(26)25(24-22(3,4)5)21(27)17-13-14(2)11-12-18(17)23/h8-13,24H,7H2,1-6H3. The number of halogens is 1. The third kappa shape index (κ3) is 4.91. The van der Waals surface area contributed by atoms with Gasteiger partial charge in [0.05, 0.1) is 17.7 Å². The first-order chi connectivity index (χ1) is 13.1. The second kappa shape index (κ2) is 8.76. The molecular weight excluding hydrogens is 376 g/mol. The van der Waals surface area contributed by atoms with Crippen molar-refractivity contribution in [3.63, 3.8) is 0 Å². The molecule has 0 fully saturated rings. The summed E-state index contributed by atoms with van der Waals surface area (Å²) >= 11 is 6.26. The SMILES string of the molecule is CCc1c(OC)cccc1C(=O)N(NC(C)(C)C)C(=O)c1cc(C)ccc1Cl. The van der Waals surface area contributed by atoms with Crippen LogP contribution in [-0.2, 0) is 6.42 Å². The topological polar surface area (TPSA) is 58.6 Å². The maximum absolute atomic E-state index is 13.4. The number of nitrogens with zero attached hydrogens (tertiary/aromatic N) is 1. The van der Waals surface area contributed by atoms with E-state index in [9.17, 15) is 9.59 Å². The van der Waals surface area contributed by atoms with Crippen LogP contribution in [0.2, 0.25) is 5.02 Å². The van der Waals surface area contributed by atoms with Crippen molar-refractivity contribution in [3.8, 4) is 5.75 Å². The van der Waals surface area contributed by atoms with Crippen LogP contribution in [0.1, 0.15) is 59.5 Å². The zero-order chi connectivity index (χ0) is 21.1. The molecule has 2 aromatic carbocycles. The number of hydrogen-bond acceptors (Lipinski definition) is 4. The predicted molar refractivity (Wildman–Crippen MR) is 112 cm³/mol. The first kappa shape index (κ1) is 21.9. The number of hydrazine groups is 1. The monoisotopic (exact) mass is 402 g/mol. The lowest BCUT2D eigenvalue weighted by Gasteiger charge is -2.31. The Morgan fingerprint density at radius 2 is 1.75 bits per heavy atom. The Morgan fingerprint density at radius 1 is 1.11 bits per heavy atom. The molecule has 1 N–H and O–H groups in total. The van der Waals surface area contributed by atoms with Gasteiger partial charge in [-0.05, 0) is 58.4 Å². The average molecular weight is 403 g/mol. The van der Waals surface area contributed by atoms with Crippen molar-refractivity contribution in [2.24, 2.45) is 0 Å². The third-order valence-corrected chi connectivity index (χ3v) is 4.47. The van der Waals surface area contributed by atoms with Gasteiger partial charge in [0.15, 0.2) is 0 Å². The minimum atomic E-state index is -0.521. The Morgan fingerprint density at radius 3 is 2.32 bits per heavy atom. The van der Waals surface area contributed by atoms with Gasteiger partial charge >= 0.3 is 0 Å². The molecule has 150 valence electrons. The van der Waals surface area contributed by atoms with E-state index in [2.05, 4.69) is 5.43 Å². The summed E-state index contributed by atoms with van der Waals surface area (Å²) in [6, 6.07) is 10.4. The molecule has 0 saturated carbocycles. The molecule has 2 rings (SSSR count). The maximum atomic E-state index is 13.4. The first-order valence-corrected chi connectivity index (χ1v) is 9.55. The van der Waals surface area contributed by atoms with E-state index >= 15 is 0 Å². The highest BCUT2D eigenvalue weighted by Gasteiger charge is 2.31. The minimum Gasteiger partial charge on any atom is -0.496 e. The smallest absolute Gasteiger partial charge is 0.276 e. The number of aryl methyl sites for hydroxylation is 1. The molecule has 0 bridgehead atoms. The van der Waals surface area contributed by atoms with Gasteiger partial charge in [0, 0.05) is 16.7 Å². The summed E-state index contributed by atoms with van der Waals surface area (Å²) in [4.78, 5) is 26.7. The Balaban J connectivity index is 2.57. The van der Waals surface area contributed by atoms with E-state index in [0.29, 0.717) is 22.8 Å². The molecule has 2 aromatic rings. The van der Waals surface area contributed by atoms with Gasteiger partial charge in [0.25, 0.3) is 11.8 Å². The lowest BCUT2D eigenvalue weighted by Crippen LogP contribution is -2.55. The van der Waals surface area contributed by atoms with Crippen LogP contribution >= 0.6 is 11.6 Å². The van der Waals surface area contributed by atoms with Gasteiger partial charge in [-0.15, -0.1) is 0 Å². The second-order valence-corrected chi connectivity index (χ2v) is 8.04. The number of nitrogens with one attached hydrogen (secondary N) is 1. The summed E-state index contributed by atoms with van der Waals surface area (Å²) in [6.45, 7) is 9.45. The number of ether oxygens (including phenoxy) is 1. The van der Waals surface area contributed by atoms with Gasteiger partial charge in [0.1, 0.15) is 5.75 Å². The van der Waals surface area contributed by atoms with Gasteiger partial charge in [-0.3, -0.25) is 9.59 Å². The molecule has 5 nitrogen and oxygen atoms in total. The van der Waals surface area contributed by atoms with Crippen LogP contribution in [0.25, 0.3) is 0 Å². The summed E-state index contributed by atoms with van der Waals surface area (Å²) in [5.74, 6) is -0.336. The number of hydrogen-bond donors (Lipinski definition) is 1. The lowest BCUT2D eigenvalue weighted by molar-refractivity contribution is 0.0451. The Hall–Kier alpha value is -2.37. The summed E-state index contributed by atoms with van der Waals surface area (Å²) < 4.78 is 5.39. The van der Waals surface area contributed by atoms with Crippen LogP contribution in [0, 0.1) is 6.92 Å². The molecule has 0 aliphatic carbocycles. The van der Waals surface area contributed by atoms with Crippen LogP contribution in [0.5, 0.6) is 5.75 Å². The van der Waals surface area contributed by atoms with Crippen molar-refractivity contribution in [1.82, 2.24) is 10.4 Å². The molecule has 0 atom stereocenters. The van der Waals surface area contributed by atoms with Crippen molar-refractivity contribution in [2.45, 2.75) is 46.6 Å². The van der Waals surface area contributed by atoms with Crippen molar-refractivity contribution < 1.29 is 14.3 Å². The number of methoxy groups -OCH3 is 1. The largest absolute Gasteiger partial charge is 0.496 e. The summed E-state index contributed by atoms with van der Waals surface area (Å²) in [5.41, 5.74) is 4.82. The van der Waals surface area contributed by atoms with E-state index in [4.69, 9.17) is 16.3 Å². The van der Waals surface area contributed by atoms with Crippen LogP contribution in [0.3, 0.4) is 0 Å². The number of benzene rings is 2. The number of imide groups is 1. The number of amides is 2. The predicted octanol–water partition coefficient (Wildman–Crippen LogP) is 4.81. The average Bonchev–Trinajstić information content (AvgIpc) is 2.65. The van der Waals surface area contributed by atoms with E-state index in [1.54, 1.807) is 37.4 Å². The van der Waals surface area contributed by atoms with E-state index in [0.717, 1.165) is 16.1 Å². The van der Waals surface area contributed by atoms with Crippen molar-refractivity contribution >= 4 is 23.4 Å². The van der Waals surface area contributed by atoms with Crippen molar-refractivity contribution in [2.75, 3.05) is 7.11 Å². The highest BCUT2D eigenvalue weighted by atomic mass is 35.5. The van der Waals surface area contributed by atoms with Crippen LogP contribution < -0.4 is 10.2 Å². The van der Waals surface area contributed by atoms with E-state index in [1.807, 2.05) is 40.7 Å². The molecule has 0 aliphatic heterocycles. The van der Waals surface area contributed by atoms with E-state index in [-0.39, 0.29) is 5.56 Å². The second-order valence-electron chi connectivity index (χ2n) is 7.63. The Kier molecular flexibility index (Phi) is 6.86. The van der Waals surface area contributed by atoms with Gasteiger partial charge < -0.3 is 4.74 Å². The molecule has 0 saturated heterocycles. The molecule has 6 heteroatoms. The molecule has 0 heterocycles. The third-order valence-electron chi connectivity index (χ3n) is 4.14. The molecule has 0 radical (unpaired) electrons. The van der Waals surface area contributed by atoms with Crippen molar-refractivity contribution in [3.05, 3.63) is 63.7 Å². The minimum absolute atomic E-state index is 0.271. The normalized spacial score (nSPS) is 11.2. The zero-order valence-electron chi connectivity index (χ0n) is 17.2. The van der Waals surface area contributed by atoms with Gasteiger partial charge in [-0.1, -0.05) is 36.2 Å². The Bertz CT molecular complexity index is 888. The van der Waals surface area contributed by atoms with Crippen molar-refractivity contribution in [1.29, 1.82) is 0 Å². The van der Waals surface area contributed by atoms with Gasteiger partial charge in [-0.2, -0.15) is 0 Å². The van der Waals surface area contributed by atoms with Crippen LogP contribution in [0.4, 0.5) is 0 Å². The summed E-state index contributed by atoms with van der Waals surface area (Å²) in [5, 5.41) is 1.35. The molecule has 2 amide bonds. The van der Waals surface area contributed by atoms with Crippen LogP contribution in [-0.4, -0.2) is 29.5 Å². The number of carbonyl (C=O) groups excluding carboxylic acids is 2. The fourth-order valence-electron chi connectivity index (χ4n) is 2.90. The zero-order valence-corrected chi connectivity index (χ0v) is 18.0. The van der Waals surface area contributed by atoms with E-state index in [1.165, 1.54) is 0 Å². The molecule has 28 heavy (non-hydrogen) atoms. The van der Waals surface area contributed by atoms with E-state index < -0.39 is 17.4 Å². The quantitative estimate of drug-likeness (QED) is 0.576. The fraction of sp³-hybridized carbons (Fsp3) is 0.364. The van der Waals surface area contributed by atoms with Crippen LogP contribution in [0.15, 0.2) is 36.4 Å². The lowest BCUT2D eigenvalue weighted by atomic mass is 10.0. The molecule has 0 unspecified atom stereocenters. The Labute approximate surface area is 171 Å². The summed E-state index contributed by atoms with van der Waals surface area (Å²) in [6.07, 6.45) is 0.591.